The molecular weight excluding hydrogens is 455 g/mol. The molecule has 0 heterocycles. The van der Waals surface area contributed by atoms with Crippen molar-refractivity contribution in [2.75, 3.05) is 0 Å². The zero-order chi connectivity index (χ0) is 24.0. The molecule has 0 unspecified atom stereocenters. The van der Waals surface area contributed by atoms with E-state index in [4.69, 9.17) is 0 Å². The van der Waals surface area contributed by atoms with Crippen LogP contribution in [-0.4, -0.2) is 61.6 Å². The monoisotopic (exact) mass is 510 g/mol. The second kappa shape index (κ2) is 11.7. The van der Waals surface area contributed by atoms with Crippen molar-refractivity contribution in [1.29, 1.82) is 0 Å². The summed E-state index contributed by atoms with van der Waals surface area (Å²) < 4.78 is 0. The van der Waals surface area contributed by atoms with Gasteiger partial charge in [-0.2, -0.15) is 0 Å². The molecule has 0 saturated heterocycles. The molecule has 0 bridgehead atoms. The molecule has 172 valence electrons. The summed E-state index contributed by atoms with van der Waals surface area (Å²) in [7, 11) is 5.39. The van der Waals surface area contributed by atoms with E-state index in [2.05, 4.69) is 142 Å². The van der Waals surface area contributed by atoms with Gasteiger partial charge in [0.1, 0.15) is 0 Å². The van der Waals surface area contributed by atoms with Crippen molar-refractivity contribution in [3.05, 3.63) is 0 Å². The predicted octanol–water partition coefficient (Wildman–Crippen LogP) is 10.2. The van der Waals surface area contributed by atoms with Crippen LogP contribution in [0.2, 0.25) is 30.2 Å². The maximum atomic E-state index is 4.25. The molecule has 0 atom stereocenters. The van der Waals surface area contributed by atoms with Gasteiger partial charge in [-0.1, -0.05) is 170 Å². The minimum Gasteiger partial charge on any atom is -0.557 e. The molecule has 30 heavy (non-hydrogen) atoms. The molecule has 0 aromatic rings. The van der Waals surface area contributed by atoms with Gasteiger partial charge < -0.3 is 17.6 Å². The molecule has 0 aliphatic carbocycles. The smallest absolute Gasteiger partial charge is 0.557 e. The van der Waals surface area contributed by atoms with Crippen LogP contribution in [0.1, 0.15) is 125 Å². The van der Waals surface area contributed by atoms with E-state index in [1.807, 2.05) is 0 Å². The summed E-state index contributed by atoms with van der Waals surface area (Å²) in [5.74, 6) is 0. The molecule has 0 radical (unpaired) electrons. The van der Waals surface area contributed by atoms with E-state index in [0.717, 1.165) is 0 Å². The molecule has 0 rings (SSSR count). The van der Waals surface area contributed by atoms with Gasteiger partial charge in [-0.05, 0) is 0 Å². The van der Waals surface area contributed by atoms with Gasteiger partial charge >= 0.3 is 46.1 Å². The molecule has 0 spiro atoms. The fourth-order valence-corrected chi connectivity index (χ4v) is 20.2. The van der Waals surface area contributed by atoms with Gasteiger partial charge in [0.15, 0.2) is 0 Å². The quantitative estimate of drug-likeness (QED) is 0.224. The third-order valence-corrected chi connectivity index (χ3v) is 33.8. The van der Waals surface area contributed by atoms with Crippen LogP contribution in [0.15, 0.2) is 0 Å². The van der Waals surface area contributed by atoms with E-state index in [-0.39, 0.29) is 46.1 Å². The molecule has 0 nitrogen and oxygen atoms in total. The van der Waals surface area contributed by atoms with Gasteiger partial charge in [0, 0.05) is 0 Å². The van der Waals surface area contributed by atoms with Crippen molar-refractivity contribution in [3.8, 4) is 0 Å². The maximum Gasteiger partial charge on any atom is 2.00 e. The van der Waals surface area contributed by atoms with Crippen LogP contribution in [0.5, 0.6) is 0 Å². The summed E-state index contributed by atoms with van der Waals surface area (Å²) in [6.07, 6.45) is 0. The summed E-state index contributed by atoms with van der Waals surface area (Å²) in [6.45, 7) is 42.8. The Balaban J connectivity index is -0.000000211. The molecule has 0 fully saturated rings. The molecule has 0 saturated carbocycles. The summed E-state index contributed by atoms with van der Waals surface area (Å²) in [5.41, 5.74) is 0. The average molecular weight is 511 g/mol. The maximum absolute atomic E-state index is 4.25. The van der Waals surface area contributed by atoms with E-state index < -0.39 is 15.5 Å². The normalized spacial score (nSPS) is 14.8. The Morgan fingerprint density at radius 3 is 0.367 bits per heavy atom. The molecule has 0 amide bonds. The molecule has 0 aromatic carbocycles. The number of hydrogen-bond acceptors (Lipinski definition) is 0. The van der Waals surface area contributed by atoms with Crippen LogP contribution in [0, 0.1) is 0 Å². The Kier molecular flexibility index (Phi) is 15.6. The van der Waals surface area contributed by atoms with Crippen LogP contribution in [-0.2, 0) is 0 Å². The first-order valence-electron chi connectivity index (χ1n) is 11.0. The summed E-state index contributed by atoms with van der Waals surface area (Å²) in [6, 6.07) is 0. The standard InChI is InChI=1S/2C12H28PSi.2Mg/c2*1-10(2,3)14(13,11(4,5)6)12(7,8)9;;/h2*13H,1-9H3;;/q2*-1;2*+2. The van der Waals surface area contributed by atoms with Gasteiger partial charge in [-0.25, -0.2) is 0 Å². The summed E-state index contributed by atoms with van der Waals surface area (Å²) in [4.78, 5) is 0. The van der Waals surface area contributed by atoms with Crippen molar-refractivity contribution in [2.45, 2.75) is 155 Å². The van der Waals surface area contributed by atoms with Crippen molar-refractivity contribution >= 4 is 79.2 Å². The molecular formula is C24H56Mg2P2Si2+2. The van der Waals surface area contributed by atoms with Gasteiger partial charge in [0.25, 0.3) is 0 Å². The number of hydrogen-bond donors (Lipinski definition) is 0. The average Bonchev–Trinajstić information content (AvgIpc) is 2.29. The fourth-order valence-electron chi connectivity index (χ4n) is 6.75. The second-order valence-corrected chi connectivity index (χ2v) is 31.5. The minimum atomic E-state index is -1.55. The Bertz CT molecular complexity index is 386. The van der Waals surface area contributed by atoms with Gasteiger partial charge in [0.05, 0.1) is 0 Å². The van der Waals surface area contributed by atoms with Crippen molar-refractivity contribution in [3.63, 3.8) is 0 Å². The Morgan fingerprint density at radius 1 is 0.300 bits per heavy atom. The molecule has 0 aliphatic heterocycles. The first kappa shape index (κ1) is 40.0. The van der Waals surface area contributed by atoms with Crippen LogP contribution >= 0.6 is 17.6 Å². The third kappa shape index (κ3) is 8.49. The topological polar surface area (TPSA) is 0 Å². The van der Waals surface area contributed by atoms with Gasteiger partial charge in [-0.15, -0.1) is 0 Å². The van der Waals surface area contributed by atoms with Crippen LogP contribution in [0.4, 0.5) is 0 Å². The second-order valence-electron chi connectivity index (χ2n) is 15.0. The van der Waals surface area contributed by atoms with Crippen LogP contribution in [0.25, 0.3) is 0 Å². The van der Waals surface area contributed by atoms with E-state index in [9.17, 15) is 0 Å². The summed E-state index contributed by atoms with van der Waals surface area (Å²) in [5, 5.41) is 2.25. The van der Waals surface area contributed by atoms with Crippen LogP contribution < -0.4 is 0 Å². The van der Waals surface area contributed by atoms with Crippen molar-refractivity contribution in [2.24, 2.45) is 0 Å². The first-order valence-corrected chi connectivity index (χ1v) is 18.0. The summed E-state index contributed by atoms with van der Waals surface area (Å²) >= 11 is 0. The largest absolute Gasteiger partial charge is 2.00 e. The SMILES string of the molecule is CC(C)(C)[Si]([PH-])(C(C)(C)C)C(C)(C)C.CC(C)(C)[Si]([PH-])(C(C)(C)C)C(C)(C)C.[Mg+2].[Mg+2]. The third-order valence-electron chi connectivity index (χ3n) is 6.75. The Labute approximate surface area is 232 Å². The number of rotatable bonds is 0. The predicted molar refractivity (Wildman–Crippen MR) is 158 cm³/mol. The Hall–Kier alpha value is 2.83. The first-order chi connectivity index (χ1) is 11.5. The zero-order valence-electron chi connectivity index (χ0n) is 24.4. The molecule has 0 N–H and O–H groups in total. The fraction of sp³-hybridized carbons (Fsp3) is 1.00. The van der Waals surface area contributed by atoms with Crippen LogP contribution in [0.3, 0.4) is 0 Å². The van der Waals surface area contributed by atoms with E-state index in [0.29, 0.717) is 30.2 Å². The minimum absolute atomic E-state index is 0. The van der Waals surface area contributed by atoms with E-state index >= 15 is 0 Å². The van der Waals surface area contributed by atoms with Gasteiger partial charge in [-0.3, -0.25) is 0 Å². The van der Waals surface area contributed by atoms with Crippen molar-refractivity contribution < 1.29 is 0 Å². The molecule has 0 aliphatic rings. The van der Waals surface area contributed by atoms with Gasteiger partial charge in [0.2, 0.25) is 0 Å². The van der Waals surface area contributed by atoms with Crippen molar-refractivity contribution in [1.82, 2.24) is 0 Å². The Morgan fingerprint density at radius 2 is 0.367 bits per heavy atom. The van der Waals surface area contributed by atoms with E-state index in [1.165, 1.54) is 0 Å². The zero-order valence-corrected chi connectivity index (χ0v) is 31.2. The molecule has 6 heteroatoms. The molecule has 0 aromatic heterocycles. The van der Waals surface area contributed by atoms with E-state index in [1.54, 1.807) is 0 Å².